The summed E-state index contributed by atoms with van der Waals surface area (Å²) >= 11 is 0. The molecular weight excluding hydrogens is 310 g/mol. The molecule has 1 amide bonds. The first-order valence-electron chi connectivity index (χ1n) is 9.25. The molecule has 0 saturated carbocycles. The Balaban J connectivity index is 2.15. The van der Waals surface area contributed by atoms with Crippen molar-refractivity contribution in [3.05, 3.63) is 71.8 Å². The molecule has 0 spiro atoms. The van der Waals surface area contributed by atoms with E-state index in [2.05, 4.69) is 12.1 Å². The summed E-state index contributed by atoms with van der Waals surface area (Å²) in [6.45, 7) is 2.67. The number of carbonyl (C=O) groups excluding carboxylic acids is 1. The smallest absolute Gasteiger partial charge is 0.223 e. The van der Waals surface area contributed by atoms with Crippen molar-refractivity contribution in [1.82, 2.24) is 4.90 Å². The van der Waals surface area contributed by atoms with E-state index in [9.17, 15) is 9.90 Å². The molecule has 132 valence electrons. The summed E-state index contributed by atoms with van der Waals surface area (Å²) in [4.78, 5) is 14.9. The second-order valence-corrected chi connectivity index (χ2v) is 6.85. The van der Waals surface area contributed by atoms with Crippen LogP contribution in [0.3, 0.4) is 0 Å². The fourth-order valence-electron chi connectivity index (χ4n) is 4.27. The highest BCUT2D eigenvalue weighted by Gasteiger charge is 2.49. The molecule has 2 atom stereocenters. The Morgan fingerprint density at radius 1 is 1.12 bits per heavy atom. The highest BCUT2D eigenvalue weighted by atomic mass is 16.3. The first kappa shape index (κ1) is 17.7. The zero-order valence-electron chi connectivity index (χ0n) is 14.9. The van der Waals surface area contributed by atoms with Gasteiger partial charge in [0, 0.05) is 18.9 Å². The van der Waals surface area contributed by atoms with Crippen LogP contribution in [0.5, 0.6) is 0 Å². The molecule has 0 bridgehead atoms. The minimum atomic E-state index is -0.687. The molecular formula is C22H27NO2. The molecule has 2 aromatic rings. The van der Waals surface area contributed by atoms with Gasteiger partial charge in [-0.15, -0.1) is 0 Å². The van der Waals surface area contributed by atoms with Crippen LogP contribution in [0.2, 0.25) is 0 Å². The second kappa shape index (κ2) is 7.83. The predicted octanol–water partition coefficient (Wildman–Crippen LogP) is 4.08. The first-order chi connectivity index (χ1) is 12.2. The van der Waals surface area contributed by atoms with Crippen LogP contribution in [-0.4, -0.2) is 29.1 Å². The van der Waals surface area contributed by atoms with Crippen molar-refractivity contribution in [2.24, 2.45) is 0 Å². The van der Waals surface area contributed by atoms with E-state index in [1.807, 2.05) is 60.4 Å². The predicted molar refractivity (Wildman–Crippen MR) is 100 cm³/mol. The number of piperidine rings is 1. The molecule has 3 nitrogen and oxygen atoms in total. The fourth-order valence-corrected chi connectivity index (χ4v) is 4.27. The highest BCUT2D eigenvalue weighted by Crippen LogP contribution is 2.47. The molecule has 1 aliphatic rings. The van der Waals surface area contributed by atoms with Crippen molar-refractivity contribution in [1.29, 1.82) is 0 Å². The van der Waals surface area contributed by atoms with E-state index >= 15 is 0 Å². The quantitative estimate of drug-likeness (QED) is 0.893. The molecule has 2 unspecified atom stereocenters. The third kappa shape index (κ3) is 3.21. The van der Waals surface area contributed by atoms with Gasteiger partial charge in [-0.25, -0.2) is 0 Å². The molecule has 1 N–H and O–H groups in total. The van der Waals surface area contributed by atoms with Crippen molar-refractivity contribution in [2.45, 2.75) is 44.1 Å². The number of hydrogen-bond donors (Lipinski definition) is 1. The Morgan fingerprint density at radius 2 is 1.76 bits per heavy atom. The molecule has 0 radical (unpaired) electrons. The van der Waals surface area contributed by atoms with E-state index in [4.69, 9.17) is 0 Å². The van der Waals surface area contributed by atoms with Crippen LogP contribution in [0.15, 0.2) is 60.7 Å². The van der Waals surface area contributed by atoms with Crippen molar-refractivity contribution >= 4 is 5.91 Å². The van der Waals surface area contributed by atoms with Crippen molar-refractivity contribution < 1.29 is 9.90 Å². The van der Waals surface area contributed by atoms with Crippen LogP contribution in [0.25, 0.3) is 0 Å². The maximum atomic E-state index is 12.9. The van der Waals surface area contributed by atoms with Crippen LogP contribution in [0.4, 0.5) is 0 Å². The number of aliphatic hydroxyl groups excluding tert-OH is 1. The van der Waals surface area contributed by atoms with Gasteiger partial charge in [-0.1, -0.05) is 67.6 Å². The third-order valence-corrected chi connectivity index (χ3v) is 5.41. The maximum Gasteiger partial charge on any atom is 0.223 e. The minimum absolute atomic E-state index is 0.0635. The SMILES string of the molecule is CCCC(=O)N1CCCC(c2ccccc2)C1(CO)c1ccccc1. The average molecular weight is 337 g/mol. The lowest BCUT2D eigenvalue weighted by atomic mass is 9.69. The van der Waals surface area contributed by atoms with Gasteiger partial charge in [-0.3, -0.25) is 4.79 Å². The molecule has 25 heavy (non-hydrogen) atoms. The van der Waals surface area contributed by atoms with Crippen molar-refractivity contribution in [3.63, 3.8) is 0 Å². The zero-order valence-corrected chi connectivity index (χ0v) is 14.9. The van der Waals surface area contributed by atoms with Gasteiger partial charge < -0.3 is 10.0 Å². The Morgan fingerprint density at radius 3 is 2.36 bits per heavy atom. The number of likely N-dealkylation sites (tertiary alicyclic amines) is 1. The summed E-state index contributed by atoms with van der Waals surface area (Å²) in [6.07, 6.45) is 3.27. The van der Waals surface area contributed by atoms with E-state index in [1.54, 1.807) is 0 Å². The van der Waals surface area contributed by atoms with Crippen LogP contribution in [-0.2, 0) is 10.3 Å². The molecule has 3 rings (SSSR count). The number of amides is 1. The number of benzene rings is 2. The summed E-state index contributed by atoms with van der Waals surface area (Å²) < 4.78 is 0. The molecule has 1 saturated heterocycles. The lowest BCUT2D eigenvalue weighted by Crippen LogP contribution is -2.58. The largest absolute Gasteiger partial charge is 0.394 e. The fraction of sp³-hybridized carbons (Fsp3) is 0.409. The molecule has 1 fully saturated rings. The van der Waals surface area contributed by atoms with Gasteiger partial charge in [0.15, 0.2) is 0 Å². The van der Waals surface area contributed by atoms with Crippen LogP contribution < -0.4 is 0 Å². The van der Waals surface area contributed by atoms with Crippen molar-refractivity contribution in [2.75, 3.05) is 13.2 Å². The summed E-state index contributed by atoms with van der Waals surface area (Å²) in [5.41, 5.74) is 1.53. The lowest BCUT2D eigenvalue weighted by molar-refractivity contribution is -0.145. The molecule has 0 aromatic heterocycles. The van der Waals surface area contributed by atoms with Gasteiger partial charge in [0.1, 0.15) is 0 Å². The van der Waals surface area contributed by atoms with Gasteiger partial charge >= 0.3 is 0 Å². The maximum absolute atomic E-state index is 12.9. The van der Waals surface area contributed by atoms with Gasteiger partial charge in [0.05, 0.1) is 12.1 Å². The summed E-state index contributed by atoms with van der Waals surface area (Å²) in [7, 11) is 0. The van der Waals surface area contributed by atoms with Gasteiger partial charge in [-0.05, 0) is 30.4 Å². The standard InChI is InChI=1S/C22H27NO2/c1-2-10-21(25)23-16-9-15-20(18-11-5-3-6-12-18)22(23,17-24)19-13-7-4-8-14-19/h3-8,11-14,20,24H,2,9-10,15-17H2,1H3. The number of nitrogens with zero attached hydrogens (tertiary/aromatic N) is 1. The topological polar surface area (TPSA) is 40.5 Å². The minimum Gasteiger partial charge on any atom is -0.394 e. The Hall–Kier alpha value is -2.13. The van der Waals surface area contributed by atoms with E-state index < -0.39 is 5.54 Å². The van der Waals surface area contributed by atoms with E-state index in [0.29, 0.717) is 13.0 Å². The number of hydrogen-bond acceptors (Lipinski definition) is 2. The molecule has 0 aliphatic carbocycles. The summed E-state index contributed by atoms with van der Waals surface area (Å²) in [6, 6.07) is 20.4. The molecule has 1 aliphatic heterocycles. The Bertz CT molecular complexity index is 686. The number of rotatable bonds is 5. The van der Waals surface area contributed by atoms with Gasteiger partial charge in [0.2, 0.25) is 5.91 Å². The Kier molecular flexibility index (Phi) is 5.54. The number of aliphatic hydroxyl groups is 1. The zero-order chi connectivity index (χ0) is 17.7. The van der Waals surface area contributed by atoms with Gasteiger partial charge in [-0.2, -0.15) is 0 Å². The molecule has 2 aromatic carbocycles. The van der Waals surface area contributed by atoms with E-state index in [1.165, 1.54) is 5.56 Å². The van der Waals surface area contributed by atoms with Crippen LogP contribution >= 0.6 is 0 Å². The number of carbonyl (C=O) groups is 1. The third-order valence-electron chi connectivity index (χ3n) is 5.41. The first-order valence-corrected chi connectivity index (χ1v) is 9.25. The summed E-state index contributed by atoms with van der Waals surface area (Å²) in [5.74, 6) is 0.233. The average Bonchev–Trinajstić information content (AvgIpc) is 2.68. The Labute approximate surface area is 150 Å². The molecule has 3 heteroatoms. The monoisotopic (exact) mass is 337 g/mol. The highest BCUT2D eigenvalue weighted by molar-refractivity contribution is 5.78. The van der Waals surface area contributed by atoms with E-state index in [-0.39, 0.29) is 18.4 Å². The van der Waals surface area contributed by atoms with Gasteiger partial charge in [0.25, 0.3) is 0 Å². The molecule has 1 heterocycles. The van der Waals surface area contributed by atoms with E-state index in [0.717, 1.165) is 24.8 Å². The summed E-state index contributed by atoms with van der Waals surface area (Å²) in [5, 5.41) is 10.6. The lowest BCUT2D eigenvalue weighted by Gasteiger charge is -2.52. The van der Waals surface area contributed by atoms with Crippen molar-refractivity contribution in [3.8, 4) is 0 Å². The van der Waals surface area contributed by atoms with Crippen LogP contribution in [0.1, 0.15) is 49.7 Å². The second-order valence-electron chi connectivity index (χ2n) is 6.85. The normalized spacial score (nSPS) is 23.4. The van der Waals surface area contributed by atoms with Crippen LogP contribution in [0, 0.1) is 0 Å².